The average molecular weight is 241 g/mol. The Morgan fingerprint density at radius 3 is 2.59 bits per heavy atom. The molecule has 0 aromatic heterocycles. The Balaban J connectivity index is 2.41. The highest BCUT2D eigenvalue weighted by Crippen LogP contribution is 2.29. The van der Waals surface area contributed by atoms with Crippen molar-refractivity contribution in [3.05, 3.63) is 0 Å². The summed E-state index contributed by atoms with van der Waals surface area (Å²) in [4.78, 5) is 23.5. The molecule has 5 heteroatoms. The van der Waals surface area contributed by atoms with Crippen LogP contribution in [0.4, 0.5) is 0 Å². The second kappa shape index (κ2) is 6.00. The van der Waals surface area contributed by atoms with E-state index in [0.717, 1.165) is 19.4 Å². The molecule has 3 N–H and O–H groups in total. The summed E-state index contributed by atoms with van der Waals surface area (Å²) in [5, 5.41) is 8.68. The first-order valence-electron chi connectivity index (χ1n) is 6.28. The summed E-state index contributed by atoms with van der Waals surface area (Å²) in [6, 6.07) is 0.104. The van der Waals surface area contributed by atoms with Crippen LogP contribution in [0.2, 0.25) is 0 Å². The number of carbonyl (C=O) groups is 2. The Bertz CT molecular complexity index is 283. The predicted molar refractivity (Wildman–Crippen MR) is 66.5 cm³/mol. The van der Waals surface area contributed by atoms with Crippen molar-refractivity contribution in [1.29, 1.82) is 0 Å². The maximum Gasteiger partial charge on any atom is 0.239 e. The lowest BCUT2D eigenvalue weighted by Gasteiger charge is -2.25. The van der Waals surface area contributed by atoms with Gasteiger partial charge in [0.25, 0.3) is 0 Å². The zero-order valence-electron chi connectivity index (χ0n) is 10.9. The van der Waals surface area contributed by atoms with Crippen molar-refractivity contribution in [1.82, 2.24) is 16.0 Å². The van der Waals surface area contributed by atoms with Crippen molar-refractivity contribution in [2.75, 3.05) is 19.6 Å². The van der Waals surface area contributed by atoms with Crippen molar-refractivity contribution in [2.24, 2.45) is 5.41 Å². The van der Waals surface area contributed by atoms with Crippen LogP contribution < -0.4 is 16.0 Å². The maximum atomic E-state index is 12.1. The minimum absolute atomic E-state index is 0.0103. The van der Waals surface area contributed by atoms with Crippen LogP contribution in [0.15, 0.2) is 0 Å². The topological polar surface area (TPSA) is 70.2 Å². The first-order valence-corrected chi connectivity index (χ1v) is 6.28. The molecule has 98 valence electrons. The van der Waals surface area contributed by atoms with Gasteiger partial charge in [0.1, 0.15) is 0 Å². The van der Waals surface area contributed by atoms with E-state index < -0.39 is 0 Å². The van der Waals surface area contributed by atoms with Crippen LogP contribution in [0, 0.1) is 5.41 Å². The van der Waals surface area contributed by atoms with E-state index in [1.165, 1.54) is 0 Å². The molecule has 17 heavy (non-hydrogen) atoms. The molecular weight excluding hydrogens is 218 g/mol. The van der Waals surface area contributed by atoms with Crippen LogP contribution >= 0.6 is 0 Å². The van der Waals surface area contributed by atoms with E-state index in [4.69, 9.17) is 0 Å². The Kier molecular flexibility index (Phi) is 4.93. The van der Waals surface area contributed by atoms with Gasteiger partial charge < -0.3 is 16.0 Å². The fourth-order valence-electron chi connectivity index (χ4n) is 2.12. The van der Waals surface area contributed by atoms with Gasteiger partial charge in [-0.1, -0.05) is 6.92 Å². The third kappa shape index (κ3) is 3.70. The van der Waals surface area contributed by atoms with Crippen LogP contribution in [-0.4, -0.2) is 37.5 Å². The Morgan fingerprint density at radius 2 is 2.12 bits per heavy atom. The summed E-state index contributed by atoms with van der Waals surface area (Å²) in [6.45, 7) is 7.46. The lowest BCUT2D eigenvalue weighted by molar-refractivity contribution is -0.132. The van der Waals surface area contributed by atoms with Gasteiger partial charge in [0.05, 0.1) is 12.0 Å². The predicted octanol–water partition coefficient (Wildman–Crippen LogP) is 0.0169. The lowest BCUT2D eigenvalue weighted by Crippen LogP contribution is -2.46. The summed E-state index contributed by atoms with van der Waals surface area (Å²) >= 11 is 0. The van der Waals surface area contributed by atoms with Crippen LogP contribution in [-0.2, 0) is 9.59 Å². The van der Waals surface area contributed by atoms with Gasteiger partial charge in [-0.2, -0.15) is 0 Å². The van der Waals surface area contributed by atoms with Crippen molar-refractivity contribution in [3.63, 3.8) is 0 Å². The standard InChI is InChI=1S/C12H23N3O2/c1-4-12(5-6-13-8-12)11(17)14-7-10(16)15-9(2)3/h9,13H,4-8H2,1-3H3,(H,14,17)(H,15,16). The van der Waals surface area contributed by atoms with Crippen molar-refractivity contribution in [3.8, 4) is 0 Å². The molecule has 1 rings (SSSR count). The number of hydrogen-bond acceptors (Lipinski definition) is 3. The summed E-state index contributed by atoms with van der Waals surface area (Å²) in [6.07, 6.45) is 1.65. The van der Waals surface area contributed by atoms with Crippen LogP contribution in [0.1, 0.15) is 33.6 Å². The van der Waals surface area contributed by atoms with Crippen molar-refractivity contribution in [2.45, 2.75) is 39.7 Å². The summed E-state index contributed by atoms with van der Waals surface area (Å²) in [5.41, 5.74) is -0.321. The lowest BCUT2D eigenvalue weighted by atomic mass is 9.83. The molecule has 1 heterocycles. The minimum atomic E-state index is -0.321. The Morgan fingerprint density at radius 1 is 1.41 bits per heavy atom. The molecule has 0 aromatic rings. The maximum absolute atomic E-state index is 12.1. The zero-order valence-corrected chi connectivity index (χ0v) is 10.9. The fourth-order valence-corrected chi connectivity index (χ4v) is 2.12. The van der Waals surface area contributed by atoms with Crippen molar-refractivity contribution < 1.29 is 9.59 Å². The molecule has 1 atom stereocenters. The quantitative estimate of drug-likeness (QED) is 0.635. The van der Waals surface area contributed by atoms with Crippen molar-refractivity contribution >= 4 is 11.8 Å². The van der Waals surface area contributed by atoms with E-state index in [9.17, 15) is 9.59 Å². The third-order valence-electron chi connectivity index (χ3n) is 3.26. The first kappa shape index (κ1) is 14.0. The minimum Gasteiger partial charge on any atom is -0.352 e. The number of rotatable bonds is 5. The van der Waals surface area contributed by atoms with Gasteiger partial charge in [-0.3, -0.25) is 9.59 Å². The second-order valence-electron chi connectivity index (χ2n) is 4.97. The molecule has 1 aliphatic heterocycles. The molecule has 0 aliphatic carbocycles. The molecule has 0 aromatic carbocycles. The SMILES string of the molecule is CCC1(C(=O)NCC(=O)NC(C)C)CCNC1. The molecule has 1 aliphatic rings. The normalized spacial score (nSPS) is 23.8. The molecule has 1 saturated heterocycles. The first-order chi connectivity index (χ1) is 8.00. The summed E-state index contributed by atoms with van der Waals surface area (Å²) < 4.78 is 0. The smallest absolute Gasteiger partial charge is 0.239 e. The molecule has 0 saturated carbocycles. The number of nitrogens with one attached hydrogen (secondary N) is 3. The summed E-state index contributed by atoms with van der Waals surface area (Å²) in [5.74, 6) is -0.144. The van der Waals surface area contributed by atoms with Gasteiger partial charge in [0.15, 0.2) is 0 Å². The van der Waals surface area contributed by atoms with E-state index in [1.807, 2.05) is 20.8 Å². The van der Waals surface area contributed by atoms with Gasteiger partial charge in [0, 0.05) is 12.6 Å². The molecule has 0 radical (unpaired) electrons. The molecule has 1 unspecified atom stereocenters. The number of carbonyl (C=O) groups excluding carboxylic acids is 2. The third-order valence-corrected chi connectivity index (χ3v) is 3.26. The molecule has 1 fully saturated rings. The highest BCUT2D eigenvalue weighted by Gasteiger charge is 2.39. The average Bonchev–Trinajstić information content (AvgIpc) is 2.74. The van der Waals surface area contributed by atoms with E-state index in [1.54, 1.807) is 0 Å². The number of amides is 2. The highest BCUT2D eigenvalue weighted by atomic mass is 16.2. The molecule has 5 nitrogen and oxygen atoms in total. The van der Waals surface area contributed by atoms with Gasteiger partial charge in [0.2, 0.25) is 11.8 Å². The molecule has 0 spiro atoms. The van der Waals surface area contributed by atoms with Crippen LogP contribution in [0.25, 0.3) is 0 Å². The highest BCUT2D eigenvalue weighted by molar-refractivity contribution is 5.88. The molecular formula is C12H23N3O2. The Labute approximate surface area is 103 Å². The summed E-state index contributed by atoms with van der Waals surface area (Å²) in [7, 11) is 0. The van der Waals surface area contributed by atoms with E-state index in [0.29, 0.717) is 6.54 Å². The molecule has 2 amide bonds. The molecule has 0 bridgehead atoms. The fraction of sp³-hybridized carbons (Fsp3) is 0.833. The zero-order chi connectivity index (χ0) is 12.9. The van der Waals surface area contributed by atoms with Gasteiger partial charge in [-0.25, -0.2) is 0 Å². The van der Waals surface area contributed by atoms with Crippen LogP contribution in [0.5, 0.6) is 0 Å². The van der Waals surface area contributed by atoms with Gasteiger partial charge in [-0.05, 0) is 33.2 Å². The van der Waals surface area contributed by atoms with Gasteiger partial charge >= 0.3 is 0 Å². The van der Waals surface area contributed by atoms with E-state index >= 15 is 0 Å². The van der Waals surface area contributed by atoms with Gasteiger partial charge in [-0.15, -0.1) is 0 Å². The van der Waals surface area contributed by atoms with E-state index in [-0.39, 0.29) is 29.8 Å². The van der Waals surface area contributed by atoms with Crippen LogP contribution in [0.3, 0.4) is 0 Å². The number of hydrogen-bond donors (Lipinski definition) is 3. The van der Waals surface area contributed by atoms with E-state index in [2.05, 4.69) is 16.0 Å². The largest absolute Gasteiger partial charge is 0.352 e. The monoisotopic (exact) mass is 241 g/mol. The second-order valence-corrected chi connectivity index (χ2v) is 4.97. The Hall–Kier alpha value is -1.10.